The minimum absolute atomic E-state index is 0.01000. The van der Waals surface area contributed by atoms with Crippen LogP contribution in [0.15, 0.2) is 12.3 Å². The van der Waals surface area contributed by atoms with Crippen LogP contribution >= 0.6 is 15.9 Å². The van der Waals surface area contributed by atoms with E-state index in [1.165, 1.54) is 0 Å². The molecule has 0 aliphatic heterocycles. The second-order valence-electron chi connectivity index (χ2n) is 2.47. The lowest BCUT2D eigenvalue weighted by atomic mass is 10.1. The zero-order valence-corrected chi connectivity index (χ0v) is 8.35. The molecule has 0 radical (unpaired) electrons. The van der Waals surface area contributed by atoms with Crippen molar-refractivity contribution in [2.75, 3.05) is 0 Å². The van der Waals surface area contributed by atoms with Crippen molar-refractivity contribution in [3.63, 3.8) is 0 Å². The number of hydrogen-bond donors (Lipinski definition) is 0. The Morgan fingerprint density at radius 2 is 2.14 bits per heavy atom. The molecule has 0 saturated heterocycles. The quantitative estimate of drug-likeness (QED) is 0.732. The number of halogens is 4. The molecule has 1 aromatic rings. The molecule has 0 aliphatic carbocycles. The van der Waals surface area contributed by atoms with Gasteiger partial charge in [-0.2, -0.15) is 18.4 Å². The van der Waals surface area contributed by atoms with Crippen LogP contribution in [0.5, 0.6) is 0 Å². The van der Waals surface area contributed by atoms with Gasteiger partial charge in [-0.1, -0.05) is 15.9 Å². The first kappa shape index (κ1) is 11.0. The Morgan fingerprint density at radius 3 is 2.57 bits per heavy atom. The highest BCUT2D eigenvalue weighted by atomic mass is 79.9. The smallest absolute Gasteiger partial charge is 0.251 e. The summed E-state index contributed by atoms with van der Waals surface area (Å²) in [4.78, 5) is 3.22. The fraction of sp³-hybridized carbons (Fsp3) is 0.250. The topological polar surface area (TPSA) is 36.7 Å². The summed E-state index contributed by atoms with van der Waals surface area (Å²) < 4.78 is 36.5. The highest BCUT2D eigenvalue weighted by Gasteiger charge is 2.32. The summed E-state index contributed by atoms with van der Waals surface area (Å²) in [6, 6.07) is 2.44. The lowest BCUT2D eigenvalue weighted by molar-refractivity contribution is -0.141. The van der Waals surface area contributed by atoms with Crippen LogP contribution in [-0.2, 0) is 11.5 Å². The van der Waals surface area contributed by atoms with Crippen molar-refractivity contribution < 1.29 is 13.2 Å². The van der Waals surface area contributed by atoms with Crippen molar-refractivity contribution in [1.82, 2.24) is 4.98 Å². The molecule has 14 heavy (non-hydrogen) atoms. The van der Waals surface area contributed by atoms with Crippen molar-refractivity contribution >= 4 is 15.9 Å². The average molecular weight is 265 g/mol. The zero-order valence-electron chi connectivity index (χ0n) is 6.77. The highest BCUT2D eigenvalue weighted by Crippen LogP contribution is 2.28. The first-order valence-corrected chi connectivity index (χ1v) is 4.63. The predicted molar refractivity (Wildman–Crippen MR) is 46.6 cm³/mol. The number of nitrogens with zero attached hydrogens (tertiary/aromatic N) is 2. The van der Waals surface area contributed by atoms with Crippen molar-refractivity contribution in [2.24, 2.45) is 0 Å². The normalized spacial score (nSPS) is 11.1. The Hall–Kier alpha value is -1.09. The molecule has 6 heteroatoms. The average Bonchev–Trinajstić information content (AvgIpc) is 2.15. The van der Waals surface area contributed by atoms with Gasteiger partial charge in [-0.3, -0.25) is 4.98 Å². The summed E-state index contributed by atoms with van der Waals surface area (Å²) in [6.45, 7) is 0. The summed E-state index contributed by atoms with van der Waals surface area (Å²) in [7, 11) is 0. The van der Waals surface area contributed by atoms with Crippen LogP contribution in [0.25, 0.3) is 0 Å². The molecule has 0 N–H and O–H groups in total. The van der Waals surface area contributed by atoms with Gasteiger partial charge in [0, 0.05) is 11.5 Å². The third kappa shape index (κ3) is 2.23. The van der Waals surface area contributed by atoms with Crippen molar-refractivity contribution in [3.05, 3.63) is 29.1 Å². The first-order chi connectivity index (χ1) is 6.49. The molecule has 0 fully saturated rings. The largest absolute Gasteiger partial charge is 0.433 e. The van der Waals surface area contributed by atoms with Crippen LogP contribution in [0.2, 0.25) is 0 Å². The molecule has 0 atom stereocenters. The molecule has 74 valence electrons. The number of pyridine rings is 1. The Morgan fingerprint density at radius 1 is 1.50 bits per heavy atom. The number of hydrogen-bond acceptors (Lipinski definition) is 2. The molecule has 0 aromatic carbocycles. The van der Waals surface area contributed by atoms with E-state index in [-0.39, 0.29) is 5.56 Å². The van der Waals surface area contributed by atoms with Crippen LogP contribution in [0.4, 0.5) is 13.2 Å². The summed E-state index contributed by atoms with van der Waals surface area (Å²) >= 11 is 3.05. The van der Waals surface area contributed by atoms with E-state index in [9.17, 15) is 13.2 Å². The molecule has 0 spiro atoms. The third-order valence-corrected chi connectivity index (χ3v) is 2.15. The van der Waals surface area contributed by atoms with Gasteiger partial charge in [-0.15, -0.1) is 0 Å². The van der Waals surface area contributed by atoms with E-state index in [2.05, 4.69) is 20.9 Å². The predicted octanol–water partition coefficient (Wildman–Crippen LogP) is 2.87. The molecule has 0 unspecified atom stereocenters. The van der Waals surface area contributed by atoms with Gasteiger partial charge in [0.25, 0.3) is 0 Å². The molecule has 1 rings (SSSR count). The van der Waals surface area contributed by atoms with E-state index >= 15 is 0 Å². The fourth-order valence-electron chi connectivity index (χ4n) is 0.849. The van der Waals surface area contributed by atoms with Crippen LogP contribution in [0.3, 0.4) is 0 Å². The minimum atomic E-state index is -4.50. The summed E-state index contributed by atoms with van der Waals surface area (Å²) in [6.07, 6.45) is -3.45. The standard InChI is InChI=1S/C8H4BrF3N2/c9-2-6-4-14-7(8(10,11)12)1-5(6)3-13/h1,4H,2H2. The molecule has 0 amide bonds. The van der Waals surface area contributed by atoms with E-state index in [1.54, 1.807) is 6.07 Å². The lowest BCUT2D eigenvalue weighted by Crippen LogP contribution is -2.08. The van der Waals surface area contributed by atoms with Gasteiger partial charge in [-0.05, 0) is 11.6 Å². The molecule has 1 aromatic heterocycles. The Kier molecular flexibility index (Phi) is 3.11. The second kappa shape index (κ2) is 3.96. The van der Waals surface area contributed by atoms with Gasteiger partial charge >= 0.3 is 6.18 Å². The Bertz CT molecular complexity index is 381. The number of aromatic nitrogens is 1. The molecular weight excluding hydrogens is 261 g/mol. The lowest BCUT2D eigenvalue weighted by Gasteiger charge is -2.06. The number of rotatable bonds is 1. The van der Waals surface area contributed by atoms with Crippen molar-refractivity contribution in [2.45, 2.75) is 11.5 Å². The summed E-state index contributed by atoms with van der Waals surface area (Å²) in [5.74, 6) is 0. The molecular formula is C8H4BrF3N2. The van der Waals surface area contributed by atoms with E-state index in [1.807, 2.05) is 0 Å². The van der Waals surface area contributed by atoms with E-state index < -0.39 is 11.9 Å². The van der Waals surface area contributed by atoms with Crippen molar-refractivity contribution in [3.8, 4) is 6.07 Å². The monoisotopic (exact) mass is 264 g/mol. The molecule has 2 nitrogen and oxygen atoms in total. The molecule has 0 saturated carbocycles. The van der Waals surface area contributed by atoms with E-state index in [0.717, 1.165) is 12.3 Å². The molecule has 1 heterocycles. The van der Waals surface area contributed by atoms with Gasteiger partial charge in [0.05, 0.1) is 11.6 Å². The summed E-state index contributed by atoms with van der Waals surface area (Å²) in [5, 5.41) is 8.88. The Balaban J connectivity index is 3.23. The zero-order chi connectivity index (χ0) is 10.8. The molecule has 0 aliphatic rings. The van der Waals surface area contributed by atoms with Gasteiger partial charge < -0.3 is 0 Å². The van der Waals surface area contributed by atoms with Gasteiger partial charge in [-0.25, -0.2) is 0 Å². The van der Waals surface area contributed by atoms with Crippen LogP contribution in [0.1, 0.15) is 16.8 Å². The Labute approximate surface area is 86.5 Å². The molecule has 0 bridgehead atoms. The van der Waals surface area contributed by atoms with Gasteiger partial charge in [0.1, 0.15) is 5.69 Å². The second-order valence-corrected chi connectivity index (χ2v) is 3.03. The van der Waals surface area contributed by atoms with Gasteiger partial charge in [0.15, 0.2) is 0 Å². The fourth-order valence-corrected chi connectivity index (χ4v) is 1.30. The van der Waals surface area contributed by atoms with Crippen LogP contribution in [-0.4, -0.2) is 4.98 Å². The maximum absolute atomic E-state index is 12.2. The van der Waals surface area contributed by atoms with Crippen molar-refractivity contribution in [1.29, 1.82) is 5.26 Å². The van der Waals surface area contributed by atoms with E-state index in [0.29, 0.717) is 10.9 Å². The third-order valence-electron chi connectivity index (χ3n) is 1.54. The van der Waals surface area contributed by atoms with Crippen LogP contribution < -0.4 is 0 Å². The highest BCUT2D eigenvalue weighted by molar-refractivity contribution is 9.08. The number of nitriles is 1. The number of alkyl halides is 4. The maximum atomic E-state index is 12.2. The SMILES string of the molecule is N#Cc1cc(C(F)(F)F)ncc1CBr. The van der Waals surface area contributed by atoms with E-state index in [4.69, 9.17) is 5.26 Å². The minimum Gasteiger partial charge on any atom is -0.251 e. The maximum Gasteiger partial charge on any atom is 0.433 e. The first-order valence-electron chi connectivity index (χ1n) is 3.51. The summed E-state index contributed by atoms with van der Waals surface area (Å²) in [5.41, 5.74) is -0.608. The van der Waals surface area contributed by atoms with Crippen LogP contribution in [0, 0.1) is 11.3 Å². The van der Waals surface area contributed by atoms with Gasteiger partial charge in [0.2, 0.25) is 0 Å².